The van der Waals surface area contributed by atoms with Crippen molar-refractivity contribution in [2.75, 3.05) is 25.5 Å². The molecule has 0 unspecified atom stereocenters. The van der Waals surface area contributed by atoms with Gasteiger partial charge in [-0.1, -0.05) is 6.92 Å². The molecule has 0 bridgehead atoms. The van der Waals surface area contributed by atoms with E-state index >= 15 is 0 Å². The molecule has 0 aromatic carbocycles. The summed E-state index contributed by atoms with van der Waals surface area (Å²) in [6.45, 7) is 4.38. The summed E-state index contributed by atoms with van der Waals surface area (Å²) in [6.07, 6.45) is 5.38. The van der Waals surface area contributed by atoms with E-state index in [0.29, 0.717) is 17.1 Å². The Kier molecular flexibility index (Phi) is 3.82. The summed E-state index contributed by atoms with van der Waals surface area (Å²) in [5, 5.41) is 3.93. The van der Waals surface area contributed by atoms with Crippen molar-refractivity contribution in [3.05, 3.63) is 23.3 Å². The lowest BCUT2D eigenvalue weighted by Crippen LogP contribution is -2.39. The minimum absolute atomic E-state index is 0.0959. The monoisotopic (exact) mass is 305 g/mol. The fraction of sp³-hybridized carbons (Fsp3) is 0.467. The van der Waals surface area contributed by atoms with Crippen LogP contribution in [-0.4, -0.2) is 30.6 Å². The number of anilines is 1. The third kappa shape index (κ3) is 2.87. The van der Waals surface area contributed by atoms with Crippen molar-refractivity contribution in [1.29, 1.82) is 0 Å². The number of nitrogens with two attached hydrogens (primary N) is 1. The molecule has 0 aliphatic carbocycles. The fourth-order valence-corrected chi connectivity index (χ4v) is 3.56. The molecule has 2 aromatic rings. The van der Waals surface area contributed by atoms with Gasteiger partial charge in [-0.3, -0.25) is 9.78 Å². The van der Waals surface area contributed by atoms with Crippen LogP contribution in [0.2, 0.25) is 0 Å². The average molecular weight is 305 g/mol. The number of thiophene rings is 1. The number of aromatic nitrogens is 1. The predicted octanol–water partition coefficient (Wildman–Crippen LogP) is 2.43. The number of hydrogen-bond donors (Lipinski definition) is 2. The molecule has 1 amide bonds. The summed E-state index contributed by atoms with van der Waals surface area (Å²) in [5.41, 5.74) is 6.74. The van der Waals surface area contributed by atoms with Crippen LogP contribution in [0.1, 0.15) is 29.4 Å². The maximum atomic E-state index is 12.4. The van der Waals surface area contributed by atoms with E-state index in [9.17, 15) is 4.79 Å². The summed E-state index contributed by atoms with van der Waals surface area (Å²) in [4.78, 5) is 17.0. The van der Waals surface area contributed by atoms with Crippen molar-refractivity contribution in [2.45, 2.75) is 19.8 Å². The SMILES string of the molecule is CC1(CNC(=O)c2sc3cnccc3c2N)CCOCC1. The first-order valence-electron chi connectivity index (χ1n) is 7.07. The van der Waals surface area contributed by atoms with Gasteiger partial charge in [-0.05, 0) is 24.3 Å². The minimum atomic E-state index is -0.0959. The van der Waals surface area contributed by atoms with Crippen LogP contribution in [0, 0.1) is 5.41 Å². The van der Waals surface area contributed by atoms with Crippen molar-refractivity contribution in [1.82, 2.24) is 10.3 Å². The molecule has 0 radical (unpaired) electrons. The van der Waals surface area contributed by atoms with Crippen molar-refractivity contribution in [3.63, 3.8) is 0 Å². The molecule has 2 aromatic heterocycles. The number of nitrogen functional groups attached to an aromatic ring is 1. The lowest BCUT2D eigenvalue weighted by Gasteiger charge is -2.33. The second-order valence-corrected chi connectivity index (χ2v) is 6.87. The Balaban J connectivity index is 1.73. The highest BCUT2D eigenvalue weighted by molar-refractivity contribution is 7.21. The van der Waals surface area contributed by atoms with Crippen LogP contribution in [0.25, 0.3) is 10.1 Å². The summed E-state index contributed by atoms with van der Waals surface area (Å²) in [5.74, 6) is -0.0959. The molecule has 1 aliphatic heterocycles. The number of pyridine rings is 1. The summed E-state index contributed by atoms with van der Waals surface area (Å²) in [6, 6.07) is 1.84. The standard InChI is InChI=1S/C15H19N3O2S/c1-15(3-6-20-7-4-15)9-18-14(19)13-12(16)10-2-5-17-8-11(10)21-13/h2,5,8H,3-4,6-7,9,16H2,1H3,(H,18,19). The predicted molar refractivity (Wildman–Crippen MR) is 84.5 cm³/mol. The Hall–Kier alpha value is -1.66. The molecule has 0 saturated carbocycles. The van der Waals surface area contributed by atoms with Crippen LogP contribution in [0.15, 0.2) is 18.5 Å². The second-order valence-electron chi connectivity index (χ2n) is 5.82. The van der Waals surface area contributed by atoms with Gasteiger partial charge in [0.25, 0.3) is 5.91 Å². The smallest absolute Gasteiger partial charge is 0.263 e. The largest absolute Gasteiger partial charge is 0.397 e. The number of rotatable bonds is 3. The van der Waals surface area contributed by atoms with E-state index in [1.807, 2.05) is 6.07 Å². The second kappa shape index (κ2) is 5.61. The molecule has 3 N–H and O–H groups in total. The maximum Gasteiger partial charge on any atom is 0.263 e. The quantitative estimate of drug-likeness (QED) is 0.913. The molecular weight excluding hydrogens is 286 g/mol. The highest BCUT2D eigenvalue weighted by Gasteiger charge is 2.28. The summed E-state index contributed by atoms with van der Waals surface area (Å²) < 4.78 is 6.32. The first-order valence-corrected chi connectivity index (χ1v) is 7.89. The fourth-order valence-electron chi connectivity index (χ4n) is 2.55. The van der Waals surface area contributed by atoms with Gasteiger partial charge in [-0.15, -0.1) is 11.3 Å². The van der Waals surface area contributed by atoms with E-state index < -0.39 is 0 Å². The molecule has 0 spiro atoms. The van der Waals surface area contributed by atoms with Crippen LogP contribution < -0.4 is 11.1 Å². The van der Waals surface area contributed by atoms with Crippen LogP contribution in [-0.2, 0) is 4.74 Å². The van der Waals surface area contributed by atoms with Gasteiger partial charge in [0.15, 0.2) is 0 Å². The van der Waals surface area contributed by atoms with Crippen molar-refractivity contribution >= 4 is 33.0 Å². The molecule has 1 aliphatic rings. The van der Waals surface area contributed by atoms with Gasteiger partial charge in [-0.2, -0.15) is 0 Å². The number of ether oxygens (including phenoxy) is 1. The van der Waals surface area contributed by atoms with Crippen LogP contribution in [0.3, 0.4) is 0 Å². The molecule has 3 rings (SSSR count). The van der Waals surface area contributed by atoms with E-state index in [2.05, 4.69) is 17.2 Å². The molecule has 21 heavy (non-hydrogen) atoms. The van der Waals surface area contributed by atoms with Gasteiger partial charge < -0.3 is 15.8 Å². The maximum absolute atomic E-state index is 12.4. The topological polar surface area (TPSA) is 77.2 Å². The van der Waals surface area contributed by atoms with Crippen molar-refractivity contribution < 1.29 is 9.53 Å². The average Bonchev–Trinajstić information content (AvgIpc) is 2.84. The Bertz CT molecular complexity index is 662. The number of hydrogen-bond acceptors (Lipinski definition) is 5. The van der Waals surface area contributed by atoms with Gasteiger partial charge in [0.05, 0.1) is 10.4 Å². The van der Waals surface area contributed by atoms with Gasteiger partial charge in [0, 0.05) is 37.5 Å². The van der Waals surface area contributed by atoms with Crippen molar-refractivity contribution in [3.8, 4) is 0 Å². The lowest BCUT2D eigenvalue weighted by molar-refractivity contribution is 0.0239. The first-order chi connectivity index (χ1) is 10.1. The number of fused-ring (bicyclic) bond motifs is 1. The Morgan fingerprint density at radius 1 is 1.52 bits per heavy atom. The summed E-state index contributed by atoms with van der Waals surface area (Å²) in [7, 11) is 0. The zero-order valence-corrected chi connectivity index (χ0v) is 12.8. The number of carbonyl (C=O) groups is 1. The molecule has 1 fully saturated rings. The number of carbonyl (C=O) groups excluding carboxylic acids is 1. The summed E-state index contributed by atoms with van der Waals surface area (Å²) >= 11 is 1.39. The van der Waals surface area contributed by atoms with Gasteiger partial charge in [0.1, 0.15) is 4.88 Å². The zero-order chi connectivity index (χ0) is 14.9. The Labute approximate surface area is 127 Å². The third-order valence-corrected chi connectivity index (χ3v) is 5.27. The molecule has 5 nitrogen and oxygen atoms in total. The van der Waals surface area contributed by atoms with Gasteiger partial charge in [-0.25, -0.2) is 0 Å². The van der Waals surface area contributed by atoms with Crippen molar-refractivity contribution in [2.24, 2.45) is 5.41 Å². The van der Waals surface area contributed by atoms with E-state index in [0.717, 1.165) is 36.1 Å². The van der Waals surface area contributed by atoms with Gasteiger partial charge in [0.2, 0.25) is 0 Å². The van der Waals surface area contributed by atoms with E-state index in [-0.39, 0.29) is 11.3 Å². The Morgan fingerprint density at radius 2 is 2.29 bits per heavy atom. The van der Waals surface area contributed by atoms with E-state index in [1.165, 1.54) is 11.3 Å². The first kappa shape index (κ1) is 14.3. The van der Waals surface area contributed by atoms with Crippen LogP contribution in [0.5, 0.6) is 0 Å². The van der Waals surface area contributed by atoms with Crippen LogP contribution in [0.4, 0.5) is 5.69 Å². The number of nitrogens with one attached hydrogen (secondary N) is 1. The highest BCUT2D eigenvalue weighted by atomic mass is 32.1. The van der Waals surface area contributed by atoms with E-state index in [1.54, 1.807) is 12.4 Å². The van der Waals surface area contributed by atoms with Gasteiger partial charge >= 0.3 is 0 Å². The molecular formula is C15H19N3O2S. The number of amides is 1. The molecule has 0 atom stereocenters. The molecule has 3 heterocycles. The normalized spacial score (nSPS) is 17.8. The third-order valence-electron chi connectivity index (χ3n) is 4.11. The molecule has 112 valence electrons. The molecule has 6 heteroatoms. The lowest BCUT2D eigenvalue weighted by atomic mass is 9.82. The highest BCUT2D eigenvalue weighted by Crippen LogP contribution is 2.33. The Morgan fingerprint density at radius 3 is 3.00 bits per heavy atom. The number of nitrogens with zero attached hydrogens (tertiary/aromatic N) is 1. The minimum Gasteiger partial charge on any atom is -0.397 e. The van der Waals surface area contributed by atoms with E-state index in [4.69, 9.17) is 10.5 Å². The molecule has 1 saturated heterocycles. The zero-order valence-electron chi connectivity index (χ0n) is 12.0. The van der Waals surface area contributed by atoms with Crippen LogP contribution >= 0.6 is 11.3 Å².